The quantitative estimate of drug-likeness (QED) is 0.774. The normalized spacial score (nSPS) is 10.7. The molecule has 0 radical (unpaired) electrons. The summed E-state index contributed by atoms with van der Waals surface area (Å²) in [7, 11) is 0. The van der Waals surface area contributed by atoms with E-state index >= 15 is 0 Å². The Kier molecular flexibility index (Phi) is 1.89. The highest BCUT2D eigenvalue weighted by molar-refractivity contribution is 6.34. The summed E-state index contributed by atoms with van der Waals surface area (Å²) < 4.78 is 1.22. The van der Waals surface area contributed by atoms with Crippen LogP contribution in [0.5, 0.6) is 0 Å². The van der Waals surface area contributed by atoms with Crippen LogP contribution in [0.4, 0.5) is 0 Å². The molecule has 72 valence electrons. The topological polar surface area (TPSA) is 67.5 Å². The lowest BCUT2D eigenvalue weighted by atomic mass is 10.4. The zero-order valence-electron chi connectivity index (χ0n) is 7.23. The Morgan fingerprint density at radius 3 is 3.00 bits per heavy atom. The average molecular weight is 212 g/mol. The first kappa shape index (κ1) is 8.96. The molecule has 0 saturated heterocycles. The van der Waals surface area contributed by atoms with Gasteiger partial charge < -0.3 is 5.11 Å². The Labute approximate surface area is 83.9 Å². The maximum Gasteiger partial charge on any atom is 0.354 e. The largest absolute Gasteiger partial charge is 0.477 e. The second-order valence-corrected chi connectivity index (χ2v) is 3.15. The highest BCUT2D eigenvalue weighted by Crippen LogP contribution is 2.19. The van der Waals surface area contributed by atoms with Gasteiger partial charge in [0.1, 0.15) is 5.02 Å². The maximum absolute atomic E-state index is 10.8. The molecule has 0 atom stereocenters. The molecule has 6 heteroatoms. The molecule has 5 nitrogen and oxygen atoms in total. The molecule has 2 heterocycles. The molecule has 2 aromatic rings. The Hall–Kier alpha value is -1.62. The van der Waals surface area contributed by atoms with Crippen LogP contribution < -0.4 is 0 Å². The van der Waals surface area contributed by atoms with E-state index in [4.69, 9.17) is 16.7 Å². The molecule has 1 N–H and O–H groups in total. The molecular formula is C8H6ClN3O2. The van der Waals surface area contributed by atoms with Crippen molar-refractivity contribution < 1.29 is 9.90 Å². The standard InChI is InChI=1S/C8H6ClN3O2/c1-4-6(9)7-10-3-2-5(8(13)14)12(7)11-4/h2-3H,1H3,(H,13,14). The minimum Gasteiger partial charge on any atom is -0.477 e. The van der Waals surface area contributed by atoms with Gasteiger partial charge in [-0.2, -0.15) is 5.10 Å². The molecule has 0 aliphatic rings. The van der Waals surface area contributed by atoms with Crippen LogP contribution in [-0.4, -0.2) is 25.7 Å². The number of carboxylic acids is 1. The van der Waals surface area contributed by atoms with Crippen LogP contribution in [0.1, 0.15) is 16.2 Å². The predicted octanol–water partition coefficient (Wildman–Crippen LogP) is 1.39. The fraction of sp³-hybridized carbons (Fsp3) is 0.125. The molecule has 0 unspecified atom stereocenters. The molecule has 0 aliphatic heterocycles. The zero-order chi connectivity index (χ0) is 10.3. The Morgan fingerprint density at radius 2 is 2.36 bits per heavy atom. The summed E-state index contributed by atoms with van der Waals surface area (Å²) in [6, 6.07) is 1.37. The molecule has 2 rings (SSSR count). The number of halogens is 1. The van der Waals surface area contributed by atoms with E-state index in [1.165, 1.54) is 16.8 Å². The zero-order valence-corrected chi connectivity index (χ0v) is 7.99. The van der Waals surface area contributed by atoms with Gasteiger partial charge in [-0.25, -0.2) is 14.3 Å². The first-order valence-corrected chi connectivity index (χ1v) is 4.22. The van der Waals surface area contributed by atoms with Gasteiger partial charge >= 0.3 is 5.97 Å². The predicted molar refractivity (Wildman–Crippen MR) is 49.7 cm³/mol. The third-order valence-corrected chi connectivity index (χ3v) is 2.28. The van der Waals surface area contributed by atoms with Gasteiger partial charge in [-0.3, -0.25) is 0 Å². The lowest BCUT2D eigenvalue weighted by molar-refractivity contribution is 0.0687. The average Bonchev–Trinajstić information content (AvgIpc) is 2.43. The van der Waals surface area contributed by atoms with Gasteiger partial charge in [-0.15, -0.1) is 0 Å². The van der Waals surface area contributed by atoms with Crippen LogP contribution in [0.2, 0.25) is 5.02 Å². The Balaban J connectivity index is 2.88. The summed E-state index contributed by atoms with van der Waals surface area (Å²) in [6.45, 7) is 1.70. The van der Waals surface area contributed by atoms with Crippen molar-refractivity contribution in [3.05, 3.63) is 28.7 Å². The van der Waals surface area contributed by atoms with E-state index in [0.717, 1.165) is 0 Å². The van der Waals surface area contributed by atoms with Gasteiger partial charge in [0.2, 0.25) is 0 Å². The van der Waals surface area contributed by atoms with Crippen LogP contribution in [0.3, 0.4) is 0 Å². The van der Waals surface area contributed by atoms with Crippen LogP contribution in [0.25, 0.3) is 5.65 Å². The molecule has 0 saturated carbocycles. The number of carbonyl (C=O) groups is 1. The van der Waals surface area contributed by atoms with Crippen LogP contribution in [0, 0.1) is 6.92 Å². The summed E-state index contributed by atoms with van der Waals surface area (Å²) >= 11 is 5.88. The van der Waals surface area contributed by atoms with Crippen molar-refractivity contribution >= 4 is 23.2 Å². The molecule has 0 bridgehead atoms. The van der Waals surface area contributed by atoms with E-state index in [-0.39, 0.29) is 5.69 Å². The second-order valence-electron chi connectivity index (χ2n) is 2.77. The number of nitrogens with zero attached hydrogens (tertiary/aromatic N) is 3. The van der Waals surface area contributed by atoms with E-state index < -0.39 is 5.97 Å². The molecule has 0 fully saturated rings. The van der Waals surface area contributed by atoms with Crippen molar-refractivity contribution in [2.24, 2.45) is 0 Å². The Bertz CT molecular complexity index is 521. The third-order valence-electron chi connectivity index (χ3n) is 1.84. The highest BCUT2D eigenvalue weighted by Gasteiger charge is 2.14. The Morgan fingerprint density at radius 1 is 1.64 bits per heavy atom. The maximum atomic E-state index is 10.8. The number of hydrogen-bond donors (Lipinski definition) is 1. The summed E-state index contributed by atoms with van der Waals surface area (Å²) in [6.07, 6.45) is 1.39. The summed E-state index contributed by atoms with van der Waals surface area (Å²) in [5, 5.41) is 13.2. The molecule has 0 aliphatic carbocycles. The van der Waals surface area contributed by atoms with E-state index in [1.54, 1.807) is 6.92 Å². The highest BCUT2D eigenvalue weighted by atomic mass is 35.5. The smallest absolute Gasteiger partial charge is 0.354 e. The van der Waals surface area contributed by atoms with Crippen LogP contribution in [-0.2, 0) is 0 Å². The fourth-order valence-corrected chi connectivity index (χ4v) is 1.35. The summed E-state index contributed by atoms with van der Waals surface area (Å²) in [4.78, 5) is 14.8. The number of aromatic nitrogens is 3. The molecule has 0 aromatic carbocycles. The molecule has 0 amide bonds. The summed E-state index contributed by atoms with van der Waals surface area (Å²) in [5.41, 5.74) is 0.974. The first-order valence-electron chi connectivity index (χ1n) is 3.84. The number of aromatic carboxylic acids is 1. The third kappa shape index (κ3) is 1.13. The van der Waals surface area contributed by atoms with E-state index in [2.05, 4.69) is 10.1 Å². The number of aryl methyl sites for hydroxylation is 1. The van der Waals surface area contributed by atoms with Crippen molar-refractivity contribution in [2.45, 2.75) is 6.92 Å². The number of carboxylic acid groups (broad SMARTS) is 1. The van der Waals surface area contributed by atoms with E-state index in [0.29, 0.717) is 16.4 Å². The number of fused-ring (bicyclic) bond motifs is 1. The van der Waals surface area contributed by atoms with E-state index in [1.807, 2.05) is 0 Å². The minimum atomic E-state index is -1.06. The second kappa shape index (κ2) is 2.95. The fourth-order valence-electron chi connectivity index (χ4n) is 1.19. The summed E-state index contributed by atoms with van der Waals surface area (Å²) in [5.74, 6) is -1.06. The van der Waals surface area contributed by atoms with Gasteiger partial charge in [0.05, 0.1) is 5.69 Å². The minimum absolute atomic E-state index is 0.0463. The number of rotatable bonds is 1. The van der Waals surface area contributed by atoms with Crippen LogP contribution >= 0.6 is 11.6 Å². The molecule has 2 aromatic heterocycles. The van der Waals surface area contributed by atoms with Gasteiger partial charge in [-0.1, -0.05) is 11.6 Å². The van der Waals surface area contributed by atoms with Gasteiger partial charge in [0, 0.05) is 6.20 Å². The number of hydrogen-bond acceptors (Lipinski definition) is 3. The lowest BCUT2D eigenvalue weighted by Crippen LogP contribution is -2.06. The van der Waals surface area contributed by atoms with Crippen molar-refractivity contribution in [1.29, 1.82) is 0 Å². The first-order chi connectivity index (χ1) is 6.61. The van der Waals surface area contributed by atoms with Gasteiger partial charge in [0.25, 0.3) is 0 Å². The van der Waals surface area contributed by atoms with Gasteiger partial charge in [0.15, 0.2) is 11.3 Å². The lowest BCUT2D eigenvalue weighted by Gasteiger charge is -1.96. The molecule has 14 heavy (non-hydrogen) atoms. The van der Waals surface area contributed by atoms with Gasteiger partial charge in [-0.05, 0) is 13.0 Å². The molecule has 0 spiro atoms. The van der Waals surface area contributed by atoms with E-state index in [9.17, 15) is 4.79 Å². The van der Waals surface area contributed by atoms with Crippen molar-refractivity contribution in [1.82, 2.24) is 14.6 Å². The van der Waals surface area contributed by atoms with Crippen molar-refractivity contribution in [3.63, 3.8) is 0 Å². The van der Waals surface area contributed by atoms with Crippen molar-refractivity contribution in [2.75, 3.05) is 0 Å². The van der Waals surface area contributed by atoms with Crippen molar-refractivity contribution in [3.8, 4) is 0 Å². The molecular weight excluding hydrogens is 206 g/mol. The van der Waals surface area contributed by atoms with Crippen LogP contribution in [0.15, 0.2) is 12.3 Å². The monoisotopic (exact) mass is 211 g/mol. The SMILES string of the molecule is Cc1nn2c(C(=O)O)ccnc2c1Cl.